The van der Waals surface area contributed by atoms with Gasteiger partial charge >= 0.3 is 5.97 Å². The molecular formula is C12H10F2N2O2. The van der Waals surface area contributed by atoms with Crippen molar-refractivity contribution in [3.63, 3.8) is 0 Å². The lowest BCUT2D eigenvalue weighted by Gasteiger charge is -2.05. The van der Waals surface area contributed by atoms with E-state index in [2.05, 4.69) is 5.10 Å². The molecule has 2 rings (SSSR count). The fraction of sp³-hybridized carbons (Fsp3) is 0.167. The van der Waals surface area contributed by atoms with Crippen LogP contribution in [0.5, 0.6) is 0 Å². The van der Waals surface area contributed by atoms with E-state index in [0.717, 1.165) is 16.8 Å². The molecule has 0 saturated heterocycles. The van der Waals surface area contributed by atoms with E-state index < -0.39 is 17.6 Å². The number of halogens is 2. The lowest BCUT2D eigenvalue weighted by molar-refractivity contribution is 0.0689. The first-order valence-electron chi connectivity index (χ1n) is 5.15. The van der Waals surface area contributed by atoms with Crippen molar-refractivity contribution in [2.24, 2.45) is 0 Å². The van der Waals surface area contributed by atoms with Gasteiger partial charge in [-0.15, -0.1) is 0 Å². The van der Waals surface area contributed by atoms with Crippen molar-refractivity contribution in [3.05, 3.63) is 46.8 Å². The Morgan fingerprint density at radius 3 is 2.44 bits per heavy atom. The fourth-order valence-electron chi connectivity index (χ4n) is 1.61. The molecule has 1 N–H and O–H groups in total. The van der Waals surface area contributed by atoms with Crippen LogP contribution < -0.4 is 0 Å². The molecule has 1 aromatic heterocycles. The summed E-state index contributed by atoms with van der Waals surface area (Å²) in [6.45, 7) is 2.98. The molecule has 0 amide bonds. The highest BCUT2D eigenvalue weighted by Gasteiger charge is 2.16. The largest absolute Gasteiger partial charge is 0.476 e. The number of hydrogen-bond donors (Lipinski definition) is 1. The number of benzene rings is 1. The normalized spacial score (nSPS) is 10.7. The van der Waals surface area contributed by atoms with Crippen LogP contribution in [0.15, 0.2) is 18.3 Å². The third kappa shape index (κ3) is 1.97. The van der Waals surface area contributed by atoms with Crippen molar-refractivity contribution in [2.75, 3.05) is 0 Å². The third-order valence-electron chi connectivity index (χ3n) is 2.57. The number of carbonyl (C=O) groups is 1. The van der Waals surface area contributed by atoms with Crippen LogP contribution in [0.3, 0.4) is 0 Å². The summed E-state index contributed by atoms with van der Waals surface area (Å²) in [6.07, 6.45) is 1.34. The predicted molar refractivity (Wildman–Crippen MR) is 59.9 cm³/mol. The van der Waals surface area contributed by atoms with Gasteiger partial charge in [-0.3, -0.25) is 0 Å². The molecule has 4 nitrogen and oxygen atoms in total. The molecule has 2 aromatic rings. The number of carboxylic acids is 1. The number of carboxylic acid groups (broad SMARTS) is 1. The minimum absolute atomic E-state index is 0.117. The number of aromatic carboxylic acids is 1. The summed E-state index contributed by atoms with van der Waals surface area (Å²) in [5.74, 6) is -2.44. The number of nitrogens with zero attached hydrogens (tertiary/aromatic N) is 2. The van der Waals surface area contributed by atoms with Crippen LogP contribution in [-0.2, 0) is 0 Å². The molecule has 0 bridgehead atoms. The predicted octanol–water partition coefficient (Wildman–Crippen LogP) is 2.47. The molecular weight excluding hydrogens is 242 g/mol. The van der Waals surface area contributed by atoms with Gasteiger partial charge in [0, 0.05) is 17.8 Å². The highest BCUT2D eigenvalue weighted by Crippen LogP contribution is 2.19. The lowest BCUT2D eigenvalue weighted by Crippen LogP contribution is -2.04. The average Bonchev–Trinajstić information content (AvgIpc) is 2.65. The Bertz CT molecular complexity index is 635. The van der Waals surface area contributed by atoms with Gasteiger partial charge in [0.2, 0.25) is 0 Å². The second kappa shape index (κ2) is 4.21. The first kappa shape index (κ1) is 12.2. The van der Waals surface area contributed by atoms with E-state index in [1.165, 1.54) is 20.0 Å². The van der Waals surface area contributed by atoms with Gasteiger partial charge in [-0.25, -0.2) is 18.3 Å². The molecule has 1 aromatic carbocycles. The van der Waals surface area contributed by atoms with Gasteiger partial charge in [-0.2, -0.15) is 5.10 Å². The molecule has 0 saturated carbocycles. The van der Waals surface area contributed by atoms with E-state index >= 15 is 0 Å². The number of hydrogen-bond acceptors (Lipinski definition) is 2. The summed E-state index contributed by atoms with van der Waals surface area (Å²) in [4.78, 5) is 10.8. The number of rotatable bonds is 2. The molecule has 0 fully saturated rings. The molecule has 0 radical (unpaired) electrons. The Balaban J connectivity index is 2.59. The standard InChI is InChI=1S/C12H10F2N2O2/c1-6-3-9(14)10(4-8(6)13)16-5-7(2)11(15-16)12(17)18/h3-5H,1-2H3,(H,17,18). The van der Waals surface area contributed by atoms with Crippen LogP contribution >= 0.6 is 0 Å². The summed E-state index contributed by atoms with van der Waals surface area (Å²) in [5, 5.41) is 12.6. The van der Waals surface area contributed by atoms with Crippen LogP contribution in [0.2, 0.25) is 0 Å². The molecule has 1 heterocycles. The van der Waals surface area contributed by atoms with Gasteiger partial charge in [0.1, 0.15) is 17.3 Å². The Kier molecular flexibility index (Phi) is 2.86. The van der Waals surface area contributed by atoms with E-state index in [1.54, 1.807) is 0 Å². The highest BCUT2D eigenvalue weighted by molar-refractivity contribution is 5.86. The molecule has 0 atom stereocenters. The third-order valence-corrected chi connectivity index (χ3v) is 2.57. The Labute approximate surface area is 101 Å². The Morgan fingerprint density at radius 1 is 1.22 bits per heavy atom. The minimum atomic E-state index is -1.21. The molecule has 0 aliphatic heterocycles. The molecule has 0 spiro atoms. The molecule has 94 valence electrons. The van der Waals surface area contributed by atoms with Crippen LogP contribution in [-0.4, -0.2) is 20.9 Å². The first-order chi connectivity index (χ1) is 8.40. The van der Waals surface area contributed by atoms with Crippen LogP contribution in [0.1, 0.15) is 21.6 Å². The molecule has 0 aliphatic carbocycles. The van der Waals surface area contributed by atoms with Crippen molar-refractivity contribution in [1.29, 1.82) is 0 Å². The van der Waals surface area contributed by atoms with Gasteiger partial charge in [0.15, 0.2) is 5.69 Å². The number of aromatic nitrogens is 2. The van der Waals surface area contributed by atoms with E-state index in [9.17, 15) is 13.6 Å². The number of aryl methyl sites for hydroxylation is 2. The maximum atomic E-state index is 13.7. The summed E-state index contributed by atoms with van der Waals surface area (Å²) < 4.78 is 28.1. The summed E-state index contributed by atoms with van der Waals surface area (Å²) in [7, 11) is 0. The van der Waals surface area contributed by atoms with Gasteiger partial charge in [-0.1, -0.05) is 0 Å². The highest BCUT2D eigenvalue weighted by atomic mass is 19.1. The molecule has 18 heavy (non-hydrogen) atoms. The summed E-state index contributed by atoms with van der Waals surface area (Å²) in [5.41, 5.74) is 0.255. The minimum Gasteiger partial charge on any atom is -0.476 e. The van der Waals surface area contributed by atoms with E-state index in [1.807, 2.05) is 0 Å². The maximum Gasteiger partial charge on any atom is 0.356 e. The SMILES string of the molecule is Cc1cc(F)c(-n2cc(C)c(C(=O)O)n2)cc1F. The summed E-state index contributed by atoms with van der Waals surface area (Å²) in [6, 6.07) is 2.03. The molecule has 0 unspecified atom stereocenters. The first-order valence-corrected chi connectivity index (χ1v) is 5.15. The monoisotopic (exact) mass is 252 g/mol. The average molecular weight is 252 g/mol. The van der Waals surface area contributed by atoms with E-state index in [-0.39, 0.29) is 16.9 Å². The smallest absolute Gasteiger partial charge is 0.356 e. The zero-order chi connectivity index (χ0) is 13.4. The van der Waals surface area contributed by atoms with E-state index in [0.29, 0.717) is 5.56 Å². The zero-order valence-corrected chi connectivity index (χ0v) is 9.74. The van der Waals surface area contributed by atoms with Crippen LogP contribution in [0.4, 0.5) is 8.78 Å². The fourth-order valence-corrected chi connectivity index (χ4v) is 1.61. The van der Waals surface area contributed by atoms with Crippen molar-refractivity contribution in [3.8, 4) is 5.69 Å². The quantitative estimate of drug-likeness (QED) is 0.893. The topological polar surface area (TPSA) is 55.1 Å². The van der Waals surface area contributed by atoms with Crippen molar-refractivity contribution in [1.82, 2.24) is 9.78 Å². The molecule has 6 heteroatoms. The Hall–Kier alpha value is -2.24. The summed E-state index contributed by atoms with van der Waals surface area (Å²) >= 11 is 0. The van der Waals surface area contributed by atoms with E-state index in [4.69, 9.17) is 5.11 Å². The maximum absolute atomic E-state index is 13.7. The van der Waals surface area contributed by atoms with Gasteiger partial charge in [0.25, 0.3) is 0 Å². The van der Waals surface area contributed by atoms with Gasteiger partial charge in [-0.05, 0) is 25.5 Å². The second-order valence-corrected chi connectivity index (χ2v) is 3.96. The van der Waals surface area contributed by atoms with Crippen LogP contribution in [0.25, 0.3) is 5.69 Å². The zero-order valence-electron chi connectivity index (χ0n) is 9.74. The van der Waals surface area contributed by atoms with Crippen molar-refractivity contribution in [2.45, 2.75) is 13.8 Å². The van der Waals surface area contributed by atoms with Crippen molar-refractivity contribution < 1.29 is 18.7 Å². The van der Waals surface area contributed by atoms with Gasteiger partial charge < -0.3 is 5.11 Å². The second-order valence-electron chi connectivity index (χ2n) is 3.96. The molecule has 0 aliphatic rings. The van der Waals surface area contributed by atoms with Crippen molar-refractivity contribution >= 4 is 5.97 Å². The Morgan fingerprint density at radius 2 is 1.89 bits per heavy atom. The van der Waals surface area contributed by atoms with Gasteiger partial charge in [0.05, 0.1) is 0 Å². The van der Waals surface area contributed by atoms with Crippen LogP contribution in [0, 0.1) is 25.5 Å². The lowest BCUT2D eigenvalue weighted by atomic mass is 10.2.